The van der Waals surface area contributed by atoms with E-state index < -0.39 is 0 Å². The van der Waals surface area contributed by atoms with Gasteiger partial charge in [0.15, 0.2) is 0 Å². The first-order valence-corrected chi connectivity index (χ1v) is 33.5. The minimum absolute atomic E-state index is 0.132. The van der Waals surface area contributed by atoms with Crippen LogP contribution in [0.15, 0.2) is 158 Å². The van der Waals surface area contributed by atoms with Gasteiger partial charge in [-0.3, -0.25) is 0 Å². The third-order valence-corrected chi connectivity index (χ3v) is 22.7. The van der Waals surface area contributed by atoms with E-state index in [1.165, 1.54) is 224 Å². The number of nitrogens with zero attached hydrogens (tertiary/aromatic N) is 2. The molecule has 10 aromatic rings. The smallest absolute Gasteiger partial charge is 0.256 e. The van der Waals surface area contributed by atoms with Crippen molar-refractivity contribution in [1.29, 1.82) is 0 Å². The Balaban J connectivity index is 0.962. The minimum atomic E-state index is -0.136. The summed E-state index contributed by atoms with van der Waals surface area (Å²) < 4.78 is 18.8. The number of hydrogen-bond donors (Lipinski definition) is 0. The Labute approximate surface area is 509 Å². The van der Waals surface area contributed by atoms with Gasteiger partial charge in [0.2, 0.25) is 0 Å². The number of aromatic nitrogens is 1. The molecule has 8 aliphatic rings. The van der Waals surface area contributed by atoms with Crippen LogP contribution in [0, 0.1) is 0 Å². The van der Waals surface area contributed by atoms with E-state index in [0.29, 0.717) is 35.5 Å². The first-order valence-electron chi connectivity index (χ1n) is 33.5. The third kappa shape index (κ3) is 7.88. The monoisotopic (exact) mass is 1120 g/mol. The standard InChI is InChI=1S/C80H76B2N2O2/c1-47(2)49-21-25-56(26-22-49)60-33-39-72-67(44-60)81-66-43-59(53-17-9-10-18-53)32-38-71(66)83(63-35-29-55(30-36-63)51-13-5-6-14-51)77-74(81)80(86-72)78-75-79(77)85-73-40-34-61(57-27-23-50(24-28-57)48(3)4)45-68(73)82(75)69-46-62(54-19-11-12-20-54)42-65-64-41-58(52-15-7-8-16-52)31-37-70(64)84(78)76(65)69/h21-48,51-54H,5-20H2,1-4H3. The lowest BCUT2D eigenvalue weighted by molar-refractivity contribution is 0.475. The second kappa shape index (κ2) is 19.9. The second-order valence-corrected chi connectivity index (χ2v) is 28.1. The molecule has 0 bridgehead atoms. The molecule has 9 aromatic carbocycles. The van der Waals surface area contributed by atoms with E-state index in [4.69, 9.17) is 9.47 Å². The lowest BCUT2D eigenvalue weighted by atomic mass is 9.31. The predicted octanol–water partition coefficient (Wildman–Crippen LogP) is 18.3. The van der Waals surface area contributed by atoms with Gasteiger partial charge < -0.3 is 18.9 Å². The van der Waals surface area contributed by atoms with Crippen LogP contribution in [-0.4, -0.2) is 18.0 Å². The molecule has 4 fully saturated rings. The van der Waals surface area contributed by atoms with Crippen LogP contribution in [0.1, 0.15) is 199 Å². The normalized spacial score (nSPS) is 17.9. The van der Waals surface area contributed by atoms with Gasteiger partial charge >= 0.3 is 0 Å². The molecule has 4 aliphatic carbocycles. The Bertz CT molecular complexity index is 4390. The topological polar surface area (TPSA) is 26.6 Å². The number of ether oxygens (including phenoxy) is 2. The molecule has 5 heterocycles. The lowest BCUT2D eigenvalue weighted by Gasteiger charge is -2.45. The highest BCUT2D eigenvalue weighted by molar-refractivity contribution is 7.02. The molecule has 4 nitrogen and oxygen atoms in total. The van der Waals surface area contributed by atoms with Crippen molar-refractivity contribution in [2.75, 3.05) is 4.90 Å². The van der Waals surface area contributed by atoms with Crippen molar-refractivity contribution >= 4 is 85.1 Å². The minimum Gasteiger partial charge on any atom is -0.456 e. The van der Waals surface area contributed by atoms with Gasteiger partial charge in [0, 0.05) is 38.6 Å². The number of benzene rings is 9. The Hall–Kier alpha value is -7.69. The highest BCUT2D eigenvalue weighted by Crippen LogP contribution is 2.53. The second-order valence-electron chi connectivity index (χ2n) is 28.1. The molecule has 86 heavy (non-hydrogen) atoms. The fraction of sp³-hybridized carbons (Fsp3) is 0.325. The van der Waals surface area contributed by atoms with E-state index >= 15 is 0 Å². The zero-order chi connectivity index (χ0) is 57.1. The molecular formula is C80H76B2N2O2. The lowest BCUT2D eigenvalue weighted by Crippen LogP contribution is -2.63. The first-order chi connectivity index (χ1) is 42.3. The van der Waals surface area contributed by atoms with Crippen LogP contribution in [0.4, 0.5) is 17.1 Å². The summed E-state index contributed by atoms with van der Waals surface area (Å²) >= 11 is 0. The summed E-state index contributed by atoms with van der Waals surface area (Å²) in [5, 5.41) is 2.76. The van der Waals surface area contributed by atoms with Crippen LogP contribution in [0.3, 0.4) is 0 Å². The van der Waals surface area contributed by atoms with Gasteiger partial charge in [0.05, 0.1) is 16.9 Å². The van der Waals surface area contributed by atoms with Crippen molar-refractivity contribution in [2.45, 2.75) is 166 Å². The van der Waals surface area contributed by atoms with E-state index in [1.807, 2.05) is 0 Å². The van der Waals surface area contributed by atoms with Crippen LogP contribution in [0.2, 0.25) is 0 Å². The highest BCUT2D eigenvalue weighted by Gasteiger charge is 2.52. The van der Waals surface area contributed by atoms with Gasteiger partial charge in [-0.1, -0.05) is 188 Å². The Morgan fingerprint density at radius 2 is 0.826 bits per heavy atom. The first kappa shape index (κ1) is 51.5. The van der Waals surface area contributed by atoms with Gasteiger partial charge in [0.25, 0.3) is 13.4 Å². The molecule has 0 spiro atoms. The third-order valence-electron chi connectivity index (χ3n) is 22.7. The van der Waals surface area contributed by atoms with E-state index in [9.17, 15) is 0 Å². The van der Waals surface area contributed by atoms with E-state index in [1.54, 1.807) is 0 Å². The molecular weight excluding hydrogens is 1040 g/mol. The summed E-state index contributed by atoms with van der Waals surface area (Å²) in [7, 11) is 0. The van der Waals surface area contributed by atoms with E-state index in [2.05, 4.69) is 195 Å². The molecule has 0 amide bonds. The fourth-order valence-corrected chi connectivity index (χ4v) is 18.0. The average Bonchev–Trinajstić information content (AvgIpc) is 1.11. The maximum absolute atomic E-state index is 8.03. The summed E-state index contributed by atoms with van der Waals surface area (Å²) in [6, 6.07) is 63.3. The van der Waals surface area contributed by atoms with Crippen molar-refractivity contribution in [3.05, 3.63) is 191 Å². The molecule has 0 unspecified atom stereocenters. The molecule has 424 valence electrons. The van der Waals surface area contributed by atoms with Crippen molar-refractivity contribution in [2.24, 2.45) is 0 Å². The van der Waals surface area contributed by atoms with Gasteiger partial charge in [-0.2, -0.15) is 0 Å². The molecule has 0 N–H and O–H groups in total. The van der Waals surface area contributed by atoms with Crippen LogP contribution < -0.4 is 47.2 Å². The Kier molecular flexibility index (Phi) is 11.9. The Morgan fingerprint density at radius 1 is 0.384 bits per heavy atom. The SMILES string of the molecule is CC(C)c1ccc(-c2ccc3c(c2)B2c4cc(C5CCCC5)ccc4N(c4ccc(C5CCCC5)cc4)c4c5c6c(c(c42)O3)-n2c3ccc(C4CCCC4)cc3c3cc(C4CCCC4)cc(c32)B6c2cc(-c3ccc(C(C)C)cc3)ccc2O5)cc1. The fourth-order valence-electron chi connectivity index (χ4n) is 18.0. The number of hydrogen-bond acceptors (Lipinski definition) is 3. The zero-order valence-electron chi connectivity index (χ0n) is 50.7. The van der Waals surface area contributed by atoms with Crippen molar-refractivity contribution in [1.82, 2.24) is 4.57 Å². The van der Waals surface area contributed by atoms with Gasteiger partial charge in [-0.05, 0) is 213 Å². The van der Waals surface area contributed by atoms with Crippen LogP contribution >= 0.6 is 0 Å². The zero-order valence-corrected chi connectivity index (χ0v) is 50.7. The van der Waals surface area contributed by atoms with Gasteiger partial charge in [0.1, 0.15) is 23.0 Å². The number of fused-ring (bicyclic) bond motifs is 13. The van der Waals surface area contributed by atoms with Gasteiger partial charge in [-0.15, -0.1) is 0 Å². The summed E-state index contributed by atoms with van der Waals surface area (Å²) in [5.74, 6) is 7.04. The average molecular weight is 1120 g/mol. The molecule has 0 atom stereocenters. The number of rotatable bonds is 9. The summed E-state index contributed by atoms with van der Waals surface area (Å²) in [6.45, 7) is 8.89. The van der Waals surface area contributed by atoms with E-state index in [-0.39, 0.29) is 13.4 Å². The summed E-state index contributed by atoms with van der Waals surface area (Å²) in [4.78, 5) is 2.63. The molecule has 6 heteroatoms. The van der Waals surface area contributed by atoms with E-state index in [0.717, 1.165) is 34.4 Å². The van der Waals surface area contributed by atoms with Crippen molar-refractivity contribution in [3.63, 3.8) is 0 Å². The maximum atomic E-state index is 8.03. The maximum Gasteiger partial charge on any atom is 0.256 e. The molecule has 4 aliphatic heterocycles. The van der Waals surface area contributed by atoms with Crippen molar-refractivity contribution in [3.8, 4) is 50.9 Å². The quantitative estimate of drug-likeness (QED) is 0.135. The van der Waals surface area contributed by atoms with Crippen molar-refractivity contribution < 1.29 is 9.47 Å². The summed E-state index contributed by atoms with van der Waals surface area (Å²) in [6.07, 6.45) is 20.5. The summed E-state index contributed by atoms with van der Waals surface area (Å²) in [5.41, 5.74) is 28.5. The predicted molar refractivity (Wildman–Crippen MR) is 362 cm³/mol. The van der Waals surface area contributed by atoms with Gasteiger partial charge in [-0.25, -0.2) is 0 Å². The molecule has 0 radical (unpaired) electrons. The molecule has 0 saturated heterocycles. The largest absolute Gasteiger partial charge is 0.456 e. The molecule has 18 rings (SSSR count). The van der Waals surface area contributed by atoms with Crippen LogP contribution in [-0.2, 0) is 0 Å². The Morgan fingerprint density at radius 3 is 1.38 bits per heavy atom. The van der Waals surface area contributed by atoms with Crippen LogP contribution in [0.5, 0.6) is 23.0 Å². The number of anilines is 3. The molecule has 1 aromatic heterocycles. The highest BCUT2D eigenvalue weighted by atomic mass is 16.5. The molecule has 4 saturated carbocycles. The van der Waals surface area contributed by atoms with Crippen LogP contribution in [0.25, 0.3) is 49.7 Å².